The van der Waals surface area contributed by atoms with Crippen molar-refractivity contribution < 1.29 is 9.18 Å². The molecule has 0 spiro atoms. The second kappa shape index (κ2) is 8.92. The minimum Gasteiger partial charge on any atom is -0.358 e. The molecule has 1 amide bonds. The van der Waals surface area contributed by atoms with Crippen LogP contribution < -0.4 is 10.2 Å². The summed E-state index contributed by atoms with van der Waals surface area (Å²) < 4.78 is 17.9. The van der Waals surface area contributed by atoms with Crippen molar-refractivity contribution in [3.8, 4) is 11.3 Å². The molecule has 0 aromatic carbocycles. The molecule has 0 radical (unpaired) electrons. The van der Waals surface area contributed by atoms with Crippen LogP contribution in [0, 0.1) is 19.7 Å². The number of aromatic amines is 1. The molecule has 0 unspecified atom stereocenters. The van der Waals surface area contributed by atoms with E-state index in [2.05, 4.69) is 51.0 Å². The maximum atomic E-state index is 16.1. The summed E-state index contributed by atoms with van der Waals surface area (Å²) in [6.07, 6.45) is 5.24. The van der Waals surface area contributed by atoms with Crippen molar-refractivity contribution in [2.45, 2.75) is 33.6 Å². The average Bonchev–Trinajstić information content (AvgIpc) is 3.47. The topological polar surface area (TPSA) is 94.5 Å². The third kappa shape index (κ3) is 3.91. The van der Waals surface area contributed by atoms with Crippen molar-refractivity contribution in [2.24, 2.45) is 0 Å². The largest absolute Gasteiger partial charge is 0.358 e. The Morgan fingerprint density at radius 2 is 1.91 bits per heavy atom. The number of pyridine rings is 2. The van der Waals surface area contributed by atoms with Gasteiger partial charge in [0.25, 0.3) is 0 Å². The van der Waals surface area contributed by atoms with Crippen molar-refractivity contribution in [3.05, 3.63) is 41.2 Å². The van der Waals surface area contributed by atoms with Gasteiger partial charge in [-0.25, -0.2) is 18.9 Å². The first-order valence-corrected chi connectivity index (χ1v) is 12.0. The lowest BCUT2D eigenvalue weighted by atomic mass is 9.94. The van der Waals surface area contributed by atoms with Gasteiger partial charge in [0.15, 0.2) is 17.3 Å². The van der Waals surface area contributed by atoms with Crippen molar-refractivity contribution >= 4 is 28.3 Å². The molecular weight excluding hydrogens is 447 g/mol. The number of hydrogen-bond donors (Lipinski definition) is 2. The standard InChI is InChI=1S/C25H31FN8O/c1-14(2)20-21-18(31-23(20)17-11-34-24(29-13-30-34)16(4)15(17)3)10-28-25(22(21)26)33-8-6-32(7-9-33)12-19(35)27-5/h10-11,13-14,31H,6-9,12H2,1-5H3,(H,27,35). The molecular formula is C25H31FN8O. The third-order valence-corrected chi connectivity index (χ3v) is 7.09. The van der Waals surface area contributed by atoms with E-state index < -0.39 is 0 Å². The Kier molecular flexibility index (Phi) is 5.92. The molecule has 35 heavy (non-hydrogen) atoms. The number of amides is 1. The number of hydrogen-bond acceptors (Lipinski definition) is 6. The highest BCUT2D eigenvalue weighted by Gasteiger charge is 2.27. The number of aromatic nitrogens is 5. The van der Waals surface area contributed by atoms with Gasteiger partial charge in [0.2, 0.25) is 5.91 Å². The number of anilines is 1. The highest BCUT2D eigenvalue weighted by atomic mass is 19.1. The zero-order chi connectivity index (χ0) is 24.9. The van der Waals surface area contributed by atoms with Crippen LogP contribution in [0.1, 0.15) is 36.5 Å². The molecule has 1 fully saturated rings. The molecule has 1 saturated heterocycles. The van der Waals surface area contributed by atoms with E-state index in [1.807, 2.05) is 18.0 Å². The second-order valence-corrected chi connectivity index (χ2v) is 9.51. The smallest absolute Gasteiger partial charge is 0.233 e. The monoisotopic (exact) mass is 478 g/mol. The molecule has 5 rings (SSSR count). The average molecular weight is 479 g/mol. The third-order valence-electron chi connectivity index (χ3n) is 7.09. The molecule has 10 heteroatoms. The summed E-state index contributed by atoms with van der Waals surface area (Å²) in [6, 6.07) is 0. The van der Waals surface area contributed by atoms with Crippen molar-refractivity contribution in [2.75, 3.05) is 44.7 Å². The first-order valence-electron chi connectivity index (χ1n) is 12.0. The summed E-state index contributed by atoms with van der Waals surface area (Å²) in [4.78, 5) is 28.1. The van der Waals surface area contributed by atoms with Gasteiger partial charge in [-0.2, -0.15) is 5.10 Å². The number of carbonyl (C=O) groups excluding carboxylic acids is 1. The van der Waals surface area contributed by atoms with E-state index in [1.54, 1.807) is 24.1 Å². The van der Waals surface area contributed by atoms with Gasteiger partial charge in [-0.3, -0.25) is 9.69 Å². The Morgan fingerprint density at radius 1 is 1.17 bits per heavy atom. The summed E-state index contributed by atoms with van der Waals surface area (Å²) >= 11 is 0. The molecule has 5 heterocycles. The van der Waals surface area contributed by atoms with E-state index in [9.17, 15) is 4.79 Å². The molecule has 4 aromatic heterocycles. The van der Waals surface area contributed by atoms with E-state index in [0.29, 0.717) is 49.4 Å². The van der Waals surface area contributed by atoms with Gasteiger partial charge in [-0.05, 0) is 36.5 Å². The minimum absolute atomic E-state index is 0.0137. The van der Waals surface area contributed by atoms with Gasteiger partial charge < -0.3 is 15.2 Å². The molecule has 0 atom stereocenters. The van der Waals surface area contributed by atoms with E-state index in [0.717, 1.165) is 33.6 Å². The van der Waals surface area contributed by atoms with E-state index in [4.69, 9.17) is 0 Å². The van der Waals surface area contributed by atoms with E-state index >= 15 is 4.39 Å². The predicted octanol–water partition coefficient (Wildman–Crippen LogP) is 3.02. The van der Waals surface area contributed by atoms with Crippen LogP contribution in [0.25, 0.3) is 27.8 Å². The minimum atomic E-state index is -0.301. The van der Waals surface area contributed by atoms with Gasteiger partial charge in [0.05, 0.1) is 24.0 Å². The van der Waals surface area contributed by atoms with Crippen LogP contribution in [-0.2, 0) is 4.79 Å². The van der Waals surface area contributed by atoms with Gasteiger partial charge in [-0.1, -0.05) is 13.8 Å². The number of fused-ring (bicyclic) bond motifs is 2. The van der Waals surface area contributed by atoms with Crippen LogP contribution in [0.15, 0.2) is 18.7 Å². The quantitative estimate of drug-likeness (QED) is 0.458. The fourth-order valence-corrected chi connectivity index (χ4v) is 5.03. The number of likely N-dealkylation sites (N-methyl/N-ethyl adjacent to an activating group) is 1. The summed E-state index contributed by atoms with van der Waals surface area (Å²) in [5, 5.41) is 7.57. The van der Waals surface area contributed by atoms with Crippen molar-refractivity contribution in [1.82, 2.24) is 34.8 Å². The molecule has 2 N–H and O–H groups in total. The Morgan fingerprint density at radius 3 is 2.60 bits per heavy atom. The number of H-pyrrole nitrogens is 1. The Hall–Kier alpha value is -3.53. The first kappa shape index (κ1) is 23.2. The summed E-state index contributed by atoms with van der Waals surface area (Å²) in [5.74, 6) is 0.133. The van der Waals surface area contributed by atoms with Gasteiger partial charge in [0, 0.05) is 50.4 Å². The maximum Gasteiger partial charge on any atom is 0.233 e. The van der Waals surface area contributed by atoms with Crippen LogP contribution >= 0.6 is 0 Å². The van der Waals surface area contributed by atoms with E-state index in [-0.39, 0.29) is 17.6 Å². The van der Waals surface area contributed by atoms with Gasteiger partial charge in [0.1, 0.15) is 6.33 Å². The van der Waals surface area contributed by atoms with E-state index in [1.165, 1.54) is 0 Å². The van der Waals surface area contributed by atoms with Crippen molar-refractivity contribution in [1.29, 1.82) is 0 Å². The van der Waals surface area contributed by atoms with Crippen molar-refractivity contribution in [3.63, 3.8) is 0 Å². The number of halogens is 1. The van der Waals surface area contributed by atoms with Crippen LogP contribution in [0.2, 0.25) is 0 Å². The van der Waals surface area contributed by atoms with Crippen LogP contribution in [0.3, 0.4) is 0 Å². The number of rotatable bonds is 5. The highest BCUT2D eigenvalue weighted by molar-refractivity contribution is 5.94. The van der Waals surface area contributed by atoms with Gasteiger partial charge >= 0.3 is 0 Å². The number of carbonyl (C=O) groups is 1. The zero-order valence-corrected chi connectivity index (χ0v) is 20.8. The number of piperazine rings is 1. The second-order valence-electron chi connectivity index (χ2n) is 9.51. The summed E-state index contributed by atoms with van der Waals surface area (Å²) in [7, 11) is 1.64. The molecule has 184 valence electrons. The van der Waals surface area contributed by atoms with Crippen LogP contribution in [0.4, 0.5) is 10.2 Å². The maximum absolute atomic E-state index is 16.1. The Labute approximate surface area is 203 Å². The van der Waals surface area contributed by atoms with Crippen LogP contribution in [0.5, 0.6) is 0 Å². The lowest BCUT2D eigenvalue weighted by Crippen LogP contribution is -2.49. The lowest BCUT2D eigenvalue weighted by Gasteiger charge is -2.35. The zero-order valence-electron chi connectivity index (χ0n) is 20.8. The SMILES string of the molecule is CNC(=O)CN1CCN(c2ncc3[nH]c(-c4cn5ncnc5c(C)c4C)c(C(C)C)c3c2F)CC1. The summed E-state index contributed by atoms with van der Waals surface area (Å²) in [5.41, 5.74) is 6.42. The van der Waals surface area contributed by atoms with Crippen LogP contribution in [-0.4, -0.2) is 75.1 Å². The molecule has 1 aliphatic rings. The first-order chi connectivity index (χ1) is 16.8. The normalized spacial score (nSPS) is 15.0. The summed E-state index contributed by atoms with van der Waals surface area (Å²) in [6.45, 7) is 11.2. The molecule has 0 aliphatic carbocycles. The lowest BCUT2D eigenvalue weighted by molar-refractivity contribution is -0.121. The fraction of sp³-hybridized carbons (Fsp3) is 0.440. The molecule has 4 aromatic rings. The fourth-order valence-electron chi connectivity index (χ4n) is 5.03. The number of nitrogens with zero attached hydrogens (tertiary/aromatic N) is 6. The molecule has 1 aliphatic heterocycles. The Bertz CT molecular complexity index is 1410. The number of aryl methyl sites for hydroxylation is 1. The van der Waals surface area contributed by atoms with Gasteiger partial charge in [-0.15, -0.1) is 0 Å². The number of nitrogens with one attached hydrogen (secondary N) is 2. The highest BCUT2D eigenvalue weighted by Crippen LogP contribution is 2.40. The molecule has 0 bridgehead atoms. The predicted molar refractivity (Wildman–Crippen MR) is 134 cm³/mol. The molecule has 9 nitrogen and oxygen atoms in total. The Balaban J connectivity index is 1.56. The molecule has 0 saturated carbocycles.